The maximum absolute atomic E-state index is 12.6. The van der Waals surface area contributed by atoms with Crippen molar-refractivity contribution in [2.45, 2.75) is 25.6 Å². The smallest absolute Gasteiger partial charge is 0.350 e. The molecule has 1 aromatic heterocycles. The van der Waals surface area contributed by atoms with E-state index in [1.807, 2.05) is 12.1 Å². The van der Waals surface area contributed by atoms with Crippen LogP contribution in [0.5, 0.6) is 0 Å². The average molecular weight is 391 g/mol. The van der Waals surface area contributed by atoms with E-state index in [0.29, 0.717) is 32.5 Å². The second kappa shape index (κ2) is 8.41. The molecule has 0 atom stereocenters. The van der Waals surface area contributed by atoms with Gasteiger partial charge < -0.3 is 10.2 Å². The zero-order valence-electron chi connectivity index (χ0n) is 15.1. The Bertz CT molecular complexity index is 815. The average Bonchev–Trinajstić information content (AvgIpc) is 2.72. The first kappa shape index (κ1) is 19.9. The van der Waals surface area contributed by atoms with Gasteiger partial charge in [0.05, 0.1) is 17.8 Å². The number of hydrogen-bond acceptors (Lipinski definition) is 3. The number of amides is 2. The standard InChI is InChI=1S/C20H20F3N3O2/c21-20(22,23)16-6-4-15(5-7-16)19(28)26-11-8-14(9-12-26)18(27)25-13-17-3-1-2-10-24-17/h1-7,10,14H,8-9,11-13H2,(H,25,27). The van der Waals surface area contributed by atoms with E-state index < -0.39 is 11.7 Å². The number of nitrogens with one attached hydrogen (secondary N) is 1. The fourth-order valence-electron chi connectivity index (χ4n) is 3.15. The summed E-state index contributed by atoms with van der Waals surface area (Å²) in [5, 5.41) is 2.85. The lowest BCUT2D eigenvalue weighted by Gasteiger charge is -2.31. The molecule has 28 heavy (non-hydrogen) atoms. The van der Waals surface area contributed by atoms with E-state index in [1.54, 1.807) is 17.2 Å². The van der Waals surface area contributed by atoms with E-state index in [9.17, 15) is 22.8 Å². The number of benzene rings is 1. The van der Waals surface area contributed by atoms with Crippen molar-refractivity contribution in [2.75, 3.05) is 13.1 Å². The third-order valence-electron chi connectivity index (χ3n) is 4.78. The Hall–Kier alpha value is -2.90. The lowest BCUT2D eigenvalue weighted by Crippen LogP contribution is -2.43. The highest BCUT2D eigenvalue weighted by Gasteiger charge is 2.31. The van der Waals surface area contributed by atoms with Crippen LogP contribution < -0.4 is 5.32 Å². The van der Waals surface area contributed by atoms with Crippen LogP contribution in [0.4, 0.5) is 13.2 Å². The highest BCUT2D eigenvalue weighted by Crippen LogP contribution is 2.29. The lowest BCUT2D eigenvalue weighted by atomic mass is 9.95. The number of hydrogen-bond donors (Lipinski definition) is 1. The van der Waals surface area contributed by atoms with Crippen LogP contribution in [0.25, 0.3) is 0 Å². The van der Waals surface area contributed by atoms with Gasteiger partial charge in [-0.05, 0) is 49.2 Å². The van der Waals surface area contributed by atoms with Gasteiger partial charge in [0.15, 0.2) is 0 Å². The van der Waals surface area contributed by atoms with Gasteiger partial charge in [0.25, 0.3) is 5.91 Å². The van der Waals surface area contributed by atoms with Gasteiger partial charge >= 0.3 is 6.18 Å². The molecule has 1 N–H and O–H groups in total. The normalized spacial score (nSPS) is 15.3. The van der Waals surface area contributed by atoms with E-state index in [0.717, 1.165) is 17.8 Å². The minimum atomic E-state index is -4.43. The van der Waals surface area contributed by atoms with Crippen LogP contribution in [0.15, 0.2) is 48.7 Å². The number of rotatable bonds is 4. The zero-order chi connectivity index (χ0) is 20.1. The Balaban J connectivity index is 1.50. The van der Waals surface area contributed by atoms with Gasteiger partial charge in [0, 0.05) is 30.8 Å². The molecule has 1 aliphatic heterocycles. The summed E-state index contributed by atoms with van der Waals surface area (Å²) < 4.78 is 37.9. The van der Waals surface area contributed by atoms with Gasteiger partial charge in [0.2, 0.25) is 5.91 Å². The molecule has 0 unspecified atom stereocenters. The van der Waals surface area contributed by atoms with Gasteiger partial charge in [-0.3, -0.25) is 14.6 Å². The molecule has 8 heteroatoms. The minimum Gasteiger partial charge on any atom is -0.350 e. The first-order chi connectivity index (χ1) is 13.3. The molecule has 2 amide bonds. The number of likely N-dealkylation sites (tertiary alicyclic amines) is 1. The van der Waals surface area contributed by atoms with Gasteiger partial charge in [-0.25, -0.2) is 0 Å². The summed E-state index contributed by atoms with van der Waals surface area (Å²) in [5.74, 6) is -0.589. The van der Waals surface area contributed by atoms with Crippen molar-refractivity contribution < 1.29 is 22.8 Å². The molecule has 3 rings (SSSR count). The van der Waals surface area contributed by atoms with Gasteiger partial charge in [0.1, 0.15) is 0 Å². The van der Waals surface area contributed by atoms with E-state index in [1.165, 1.54) is 12.1 Å². The second-order valence-electron chi connectivity index (χ2n) is 6.68. The third-order valence-corrected chi connectivity index (χ3v) is 4.78. The Morgan fingerprint density at radius 2 is 1.75 bits per heavy atom. The molecule has 1 aliphatic rings. The number of carbonyl (C=O) groups excluding carboxylic acids is 2. The summed E-state index contributed by atoms with van der Waals surface area (Å²) in [6.07, 6.45) is -1.74. The maximum atomic E-state index is 12.6. The van der Waals surface area contributed by atoms with Crippen molar-refractivity contribution in [3.8, 4) is 0 Å². The molecule has 0 spiro atoms. The predicted molar refractivity (Wildman–Crippen MR) is 96.2 cm³/mol. The fourth-order valence-corrected chi connectivity index (χ4v) is 3.15. The predicted octanol–water partition coefficient (Wildman–Crippen LogP) is 3.27. The number of alkyl halides is 3. The van der Waals surface area contributed by atoms with Crippen LogP contribution in [-0.4, -0.2) is 34.8 Å². The van der Waals surface area contributed by atoms with Crippen molar-refractivity contribution in [3.63, 3.8) is 0 Å². The minimum absolute atomic E-state index is 0.0766. The SMILES string of the molecule is O=C(NCc1ccccn1)C1CCN(C(=O)c2ccc(C(F)(F)F)cc2)CC1. The fraction of sp³-hybridized carbons (Fsp3) is 0.350. The molecule has 148 valence electrons. The van der Waals surface area contributed by atoms with Crippen LogP contribution in [0.1, 0.15) is 34.5 Å². The van der Waals surface area contributed by atoms with E-state index in [-0.39, 0.29) is 23.3 Å². The summed E-state index contributed by atoms with van der Waals surface area (Å²) >= 11 is 0. The first-order valence-electron chi connectivity index (χ1n) is 8.99. The maximum Gasteiger partial charge on any atom is 0.416 e. The van der Waals surface area contributed by atoms with Crippen LogP contribution >= 0.6 is 0 Å². The molecular formula is C20H20F3N3O2. The molecular weight excluding hydrogens is 371 g/mol. The first-order valence-corrected chi connectivity index (χ1v) is 8.99. The number of aromatic nitrogens is 1. The molecule has 0 aliphatic carbocycles. The number of halogens is 3. The summed E-state index contributed by atoms with van der Waals surface area (Å²) in [6.45, 7) is 1.13. The van der Waals surface area contributed by atoms with Crippen molar-refractivity contribution >= 4 is 11.8 Å². The molecule has 2 heterocycles. The van der Waals surface area contributed by atoms with Crippen molar-refractivity contribution in [1.29, 1.82) is 0 Å². The molecule has 0 radical (unpaired) electrons. The molecule has 5 nitrogen and oxygen atoms in total. The molecule has 0 bridgehead atoms. The molecule has 1 fully saturated rings. The number of piperidine rings is 1. The van der Waals surface area contributed by atoms with Crippen LogP contribution in [0, 0.1) is 5.92 Å². The van der Waals surface area contributed by atoms with Crippen molar-refractivity contribution in [2.24, 2.45) is 5.92 Å². The van der Waals surface area contributed by atoms with E-state index in [2.05, 4.69) is 10.3 Å². The molecule has 1 saturated heterocycles. The summed E-state index contributed by atoms with van der Waals surface area (Å²) in [6, 6.07) is 9.67. The number of pyridine rings is 1. The largest absolute Gasteiger partial charge is 0.416 e. The third kappa shape index (κ3) is 4.88. The molecule has 0 saturated carbocycles. The Kier molecular flexibility index (Phi) is 5.96. The highest BCUT2D eigenvalue weighted by atomic mass is 19.4. The number of carbonyl (C=O) groups is 2. The van der Waals surface area contributed by atoms with Gasteiger partial charge in [-0.15, -0.1) is 0 Å². The van der Waals surface area contributed by atoms with E-state index >= 15 is 0 Å². The molecule has 1 aromatic carbocycles. The quantitative estimate of drug-likeness (QED) is 0.870. The lowest BCUT2D eigenvalue weighted by molar-refractivity contribution is -0.137. The summed E-state index contributed by atoms with van der Waals surface area (Å²) in [4.78, 5) is 30.5. The Morgan fingerprint density at radius 1 is 1.07 bits per heavy atom. The summed E-state index contributed by atoms with van der Waals surface area (Å²) in [7, 11) is 0. The van der Waals surface area contributed by atoms with Crippen LogP contribution in [0.2, 0.25) is 0 Å². The number of nitrogens with zero attached hydrogens (tertiary/aromatic N) is 2. The monoisotopic (exact) mass is 391 g/mol. The topological polar surface area (TPSA) is 62.3 Å². The molecule has 2 aromatic rings. The summed E-state index contributed by atoms with van der Waals surface area (Å²) in [5.41, 5.74) is 0.198. The van der Waals surface area contributed by atoms with Crippen molar-refractivity contribution in [3.05, 3.63) is 65.5 Å². The Labute approximate surface area is 160 Å². The van der Waals surface area contributed by atoms with Gasteiger partial charge in [-0.2, -0.15) is 13.2 Å². The van der Waals surface area contributed by atoms with Crippen LogP contribution in [-0.2, 0) is 17.5 Å². The highest BCUT2D eigenvalue weighted by molar-refractivity contribution is 5.94. The van der Waals surface area contributed by atoms with Crippen LogP contribution in [0.3, 0.4) is 0 Å². The van der Waals surface area contributed by atoms with Gasteiger partial charge in [-0.1, -0.05) is 6.07 Å². The zero-order valence-corrected chi connectivity index (χ0v) is 15.1. The second-order valence-corrected chi connectivity index (χ2v) is 6.68. The Morgan fingerprint density at radius 3 is 2.32 bits per heavy atom. The van der Waals surface area contributed by atoms with Crippen molar-refractivity contribution in [1.82, 2.24) is 15.2 Å². The van der Waals surface area contributed by atoms with E-state index in [4.69, 9.17) is 0 Å².